The minimum Gasteiger partial charge on any atom is -0.380 e. The molecule has 0 atom stereocenters. The Morgan fingerprint density at radius 2 is 2.05 bits per heavy atom. The highest BCUT2D eigenvalue weighted by atomic mass is 79.9. The van der Waals surface area contributed by atoms with Crippen LogP contribution in [0, 0.1) is 5.92 Å². The number of benzene rings is 1. The van der Waals surface area contributed by atoms with Gasteiger partial charge in [0.15, 0.2) is 0 Å². The van der Waals surface area contributed by atoms with E-state index in [-0.39, 0.29) is 11.4 Å². The number of sulfonamides is 1. The standard InChI is InChI=1S/C14H23BrN2O3S/c1-11(2)10-20-7-6-17-21(18,19)14-5-4-12(9-16-3)8-13(14)15/h4-5,8,11,16-17H,6-7,9-10H2,1-3H3. The van der Waals surface area contributed by atoms with Gasteiger partial charge in [0.05, 0.1) is 11.5 Å². The average Bonchev–Trinajstić information content (AvgIpc) is 2.38. The largest absolute Gasteiger partial charge is 0.380 e. The van der Waals surface area contributed by atoms with Crippen LogP contribution in [-0.2, 0) is 21.3 Å². The summed E-state index contributed by atoms with van der Waals surface area (Å²) in [5.74, 6) is 0.440. The molecule has 0 bridgehead atoms. The summed E-state index contributed by atoms with van der Waals surface area (Å²) < 4.78 is 32.9. The van der Waals surface area contributed by atoms with Crippen molar-refractivity contribution in [2.75, 3.05) is 26.8 Å². The Morgan fingerprint density at radius 1 is 1.33 bits per heavy atom. The Bertz CT molecular complexity index is 547. The van der Waals surface area contributed by atoms with E-state index in [2.05, 4.69) is 26.0 Å². The highest BCUT2D eigenvalue weighted by molar-refractivity contribution is 9.10. The zero-order valence-electron chi connectivity index (χ0n) is 12.6. The van der Waals surface area contributed by atoms with E-state index in [1.807, 2.05) is 20.9 Å². The maximum Gasteiger partial charge on any atom is 0.241 e. The molecule has 0 spiro atoms. The van der Waals surface area contributed by atoms with Gasteiger partial charge in [-0.25, -0.2) is 13.1 Å². The molecule has 0 aliphatic heterocycles. The summed E-state index contributed by atoms with van der Waals surface area (Å²) in [4.78, 5) is 0.242. The molecule has 0 unspecified atom stereocenters. The van der Waals surface area contributed by atoms with Crippen molar-refractivity contribution < 1.29 is 13.2 Å². The number of hydrogen-bond donors (Lipinski definition) is 2. The third-order valence-electron chi connectivity index (χ3n) is 2.66. The van der Waals surface area contributed by atoms with Crippen LogP contribution in [-0.4, -0.2) is 35.2 Å². The molecule has 0 aromatic heterocycles. The van der Waals surface area contributed by atoms with Gasteiger partial charge in [-0.1, -0.05) is 19.9 Å². The molecular weight excluding hydrogens is 356 g/mol. The second kappa shape index (κ2) is 8.85. The summed E-state index contributed by atoms with van der Waals surface area (Å²) >= 11 is 3.32. The van der Waals surface area contributed by atoms with Gasteiger partial charge < -0.3 is 10.1 Å². The van der Waals surface area contributed by atoms with Gasteiger partial charge in [-0.15, -0.1) is 0 Å². The fourth-order valence-electron chi connectivity index (χ4n) is 1.72. The summed E-state index contributed by atoms with van der Waals surface area (Å²) in [6, 6.07) is 5.21. The lowest BCUT2D eigenvalue weighted by Gasteiger charge is -2.11. The van der Waals surface area contributed by atoms with Crippen molar-refractivity contribution in [1.29, 1.82) is 0 Å². The predicted octanol–water partition coefficient (Wildman–Crippen LogP) is 2.12. The van der Waals surface area contributed by atoms with Crippen LogP contribution in [0.25, 0.3) is 0 Å². The van der Waals surface area contributed by atoms with Gasteiger partial charge in [-0.3, -0.25) is 0 Å². The fourth-order valence-corrected chi connectivity index (χ4v) is 3.86. The summed E-state index contributed by atoms with van der Waals surface area (Å²) in [7, 11) is -1.68. The normalized spacial score (nSPS) is 12.0. The van der Waals surface area contributed by atoms with Gasteiger partial charge >= 0.3 is 0 Å². The molecule has 0 radical (unpaired) electrons. The van der Waals surface area contributed by atoms with Crippen molar-refractivity contribution in [3.63, 3.8) is 0 Å². The first-order valence-electron chi connectivity index (χ1n) is 6.87. The summed E-state index contributed by atoms with van der Waals surface area (Å²) in [6.45, 7) is 6.05. The van der Waals surface area contributed by atoms with E-state index >= 15 is 0 Å². The minimum absolute atomic E-state index is 0.242. The maximum absolute atomic E-state index is 12.2. The first-order valence-corrected chi connectivity index (χ1v) is 9.15. The van der Waals surface area contributed by atoms with Gasteiger partial charge in [0.2, 0.25) is 10.0 Å². The number of hydrogen-bond acceptors (Lipinski definition) is 4. The molecule has 7 heteroatoms. The smallest absolute Gasteiger partial charge is 0.241 e. The van der Waals surface area contributed by atoms with Gasteiger partial charge in [-0.2, -0.15) is 0 Å². The molecule has 2 N–H and O–H groups in total. The SMILES string of the molecule is CNCc1ccc(S(=O)(=O)NCCOCC(C)C)c(Br)c1. The molecule has 21 heavy (non-hydrogen) atoms. The molecule has 0 aliphatic rings. The van der Waals surface area contributed by atoms with Gasteiger partial charge in [-0.05, 0) is 46.6 Å². The average molecular weight is 379 g/mol. The summed E-state index contributed by atoms with van der Waals surface area (Å²) in [5.41, 5.74) is 1.02. The van der Waals surface area contributed by atoms with Gasteiger partial charge in [0, 0.05) is 24.2 Å². The second-order valence-electron chi connectivity index (χ2n) is 5.16. The summed E-state index contributed by atoms with van der Waals surface area (Å²) in [6.07, 6.45) is 0. The van der Waals surface area contributed by atoms with E-state index in [0.717, 1.165) is 5.56 Å². The molecule has 1 aromatic rings. The first-order chi connectivity index (χ1) is 9.86. The lowest BCUT2D eigenvalue weighted by Crippen LogP contribution is -2.28. The van der Waals surface area contributed by atoms with E-state index in [9.17, 15) is 8.42 Å². The molecule has 0 fully saturated rings. The number of rotatable bonds is 9. The van der Waals surface area contributed by atoms with Crippen LogP contribution in [0.1, 0.15) is 19.4 Å². The van der Waals surface area contributed by atoms with Gasteiger partial charge in [0.25, 0.3) is 0 Å². The van der Waals surface area contributed by atoms with Crippen LogP contribution in [0.3, 0.4) is 0 Å². The molecule has 120 valence electrons. The van der Waals surface area contributed by atoms with Crippen molar-refractivity contribution in [3.8, 4) is 0 Å². The lowest BCUT2D eigenvalue weighted by molar-refractivity contribution is 0.114. The molecule has 5 nitrogen and oxygen atoms in total. The topological polar surface area (TPSA) is 67.4 Å². The van der Waals surface area contributed by atoms with E-state index in [1.165, 1.54) is 0 Å². The van der Waals surface area contributed by atoms with Crippen molar-refractivity contribution >= 4 is 26.0 Å². The monoisotopic (exact) mass is 378 g/mol. The molecule has 1 aromatic carbocycles. The van der Waals surface area contributed by atoms with E-state index in [1.54, 1.807) is 18.2 Å². The van der Waals surface area contributed by atoms with E-state index in [0.29, 0.717) is 30.1 Å². The Labute approximate surface area is 135 Å². The molecule has 0 amide bonds. The minimum atomic E-state index is -3.52. The van der Waals surface area contributed by atoms with Crippen LogP contribution in [0.4, 0.5) is 0 Å². The first kappa shape index (κ1) is 18.6. The number of nitrogens with one attached hydrogen (secondary N) is 2. The molecule has 0 heterocycles. The van der Waals surface area contributed by atoms with Crippen molar-refractivity contribution in [2.45, 2.75) is 25.3 Å². The number of ether oxygens (including phenoxy) is 1. The third-order valence-corrected chi connectivity index (χ3v) is 5.09. The van der Waals surface area contributed by atoms with Crippen molar-refractivity contribution in [2.24, 2.45) is 5.92 Å². The Morgan fingerprint density at radius 3 is 2.62 bits per heavy atom. The molecular formula is C14H23BrN2O3S. The van der Waals surface area contributed by atoms with Crippen LogP contribution < -0.4 is 10.0 Å². The zero-order chi connectivity index (χ0) is 15.9. The summed E-state index contributed by atoms with van der Waals surface area (Å²) in [5, 5.41) is 3.02. The van der Waals surface area contributed by atoms with Crippen LogP contribution in [0.15, 0.2) is 27.6 Å². The Hall–Kier alpha value is -0.470. The maximum atomic E-state index is 12.2. The van der Waals surface area contributed by atoms with E-state index < -0.39 is 10.0 Å². The van der Waals surface area contributed by atoms with Crippen LogP contribution in [0.2, 0.25) is 0 Å². The van der Waals surface area contributed by atoms with E-state index in [4.69, 9.17) is 4.74 Å². The third kappa shape index (κ3) is 6.44. The zero-order valence-corrected chi connectivity index (χ0v) is 15.1. The quantitative estimate of drug-likeness (QED) is 0.645. The highest BCUT2D eigenvalue weighted by Crippen LogP contribution is 2.23. The van der Waals surface area contributed by atoms with Crippen LogP contribution in [0.5, 0.6) is 0 Å². The lowest BCUT2D eigenvalue weighted by atomic mass is 10.2. The molecule has 0 aliphatic carbocycles. The molecule has 0 saturated heterocycles. The molecule has 1 rings (SSSR count). The van der Waals surface area contributed by atoms with Crippen molar-refractivity contribution in [1.82, 2.24) is 10.0 Å². The predicted molar refractivity (Wildman–Crippen MR) is 87.8 cm³/mol. The molecule has 0 saturated carbocycles. The fraction of sp³-hybridized carbons (Fsp3) is 0.571. The second-order valence-corrected chi connectivity index (χ2v) is 7.75. The van der Waals surface area contributed by atoms with Crippen molar-refractivity contribution in [3.05, 3.63) is 28.2 Å². The Kier molecular flexibility index (Phi) is 7.83. The Balaban J connectivity index is 2.61. The van der Waals surface area contributed by atoms with Crippen LogP contribution >= 0.6 is 15.9 Å². The highest BCUT2D eigenvalue weighted by Gasteiger charge is 2.17. The number of halogens is 1. The van der Waals surface area contributed by atoms with Gasteiger partial charge in [0.1, 0.15) is 0 Å².